The Balaban J connectivity index is 1.34. The fourth-order valence-corrected chi connectivity index (χ4v) is 4.45. The highest BCUT2D eigenvalue weighted by Gasteiger charge is 2.23. The van der Waals surface area contributed by atoms with E-state index in [1.165, 1.54) is 12.1 Å². The summed E-state index contributed by atoms with van der Waals surface area (Å²) in [4.78, 5) is 20.6. The molecule has 2 aliphatic heterocycles. The highest BCUT2D eigenvalue weighted by Crippen LogP contribution is 2.25. The van der Waals surface area contributed by atoms with Crippen LogP contribution in [0.25, 0.3) is 0 Å². The smallest absolute Gasteiger partial charge is 0.243 e. The largest absolute Gasteiger partial charge is 0.371 e. The Morgan fingerprint density at radius 2 is 1.87 bits per heavy atom. The quantitative estimate of drug-likeness (QED) is 0.696. The molecule has 31 heavy (non-hydrogen) atoms. The predicted octanol–water partition coefficient (Wildman–Crippen LogP) is 3.57. The van der Waals surface area contributed by atoms with Gasteiger partial charge in [0.15, 0.2) is 0 Å². The number of piperidine rings is 2. The van der Waals surface area contributed by atoms with Crippen LogP contribution >= 0.6 is 0 Å². The lowest BCUT2D eigenvalue weighted by molar-refractivity contribution is -0.117. The first-order valence-corrected chi connectivity index (χ1v) is 11.0. The fraction of sp³-hybridized carbons (Fsp3) is 0.417. The lowest BCUT2D eigenvalue weighted by Gasteiger charge is -2.36. The van der Waals surface area contributed by atoms with E-state index in [1.807, 2.05) is 18.3 Å². The number of halogens is 1. The third-order valence-corrected chi connectivity index (χ3v) is 6.08. The molecule has 1 aromatic carbocycles. The maximum Gasteiger partial charge on any atom is 0.243 e. The summed E-state index contributed by atoms with van der Waals surface area (Å²) in [5.41, 5.74) is 2.07. The van der Waals surface area contributed by atoms with E-state index in [0.717, 1.165) is 69.1 Å². The Hall–Kier alpha value is -3.09. The molecular formula is C24H30FN5O. The van der Waals surface area contributed by atoms with Crippen molar-refractivity contribution in [2.24, 2.45) is 0 Å². The predicted molar refractivity (Wildman–Crippen MR) is 123 cm³/mol. The van der Waals surface area contributed by atoms with Crippen molar-refractivity contribution in [2.75, 3.05) is 41.3 Å². The number of carbonyl (C=O) groups is 1. The molecule has 1 amide bonds. The van der Waals surface area contributed by atoms with E-state index in [4.69, 9.17) is 0 Å². The van der Waals surface area contributed by atoms with E-state index in [-0.39, 0.29) is 23.8 Å². The number of pyridine rings is 1. The van der Waals surface area contributed by atoms with Gasteiger partial charge in [-0.2, -0.15) is 0 Å². The molecule has 0 bridgehead atoms. The molecule has 2 saturated heterocycles. The average Bonchev–Trinajstić information content (AvgIpc) is 2.80. The highest BCUT2D eigenvalue weighted by atomic mass is 19.1. The van der Waals surface area contributed by atoms with Crippen molar-refractivity contribution in [3.8, 4) is 0 Å². The molecule has 0 radical (unpaired) electrons. The molecule has 0 unspecified atom stereocenters. The van der Waals surface area contributed by atoms with Crippen LogP contribution in [-0.2, 0) is 4.79 Å². The van der Waals surface area contributed by atoms with Gasteiger partial charge < -0.3 is 20.4 Å². The maximum absolute atomic E-state index is 13.6. The molecule has 0 saturated carbocycles. The minimum absolute atomic E-state index is 0.103. The third-order valence-electron chi connectivity index (χ3n) is 6.08. The molecule has 164 valence electrons. The van der Waals surface area contributed by atoms with Gasteiger partial charge in [-0.25, -0.2) is 9.37 Å². The first-order chi connectivity index (χ1) is 15.1. The van der Waals surface area contributed by atoms with Crippen LogP contribution < -0.4 is 20.4 Å². The van der Waals surface area contributed by atoms with E-state index in [0.29, 0.717) is 0 Å². The number of aromatic nitrogens is 1. The first kappa shape index (κ1) is 21.2. The number of hydrogen-bond acceptors (Lipinski definition) is 5. The molecule has 1 atom stereocenters. The van der Waals surface area contributed by atoms with E-state index in [2.05, 4.69) is 38.1 Å². The lowest BCUT2D eigenvalue weighted by Crippen LogP contribution is -2.44. The van der Waals surface area contributed by atoms with Gasteiger partial charge in [0, 0.05) is 61.9 Å². The van der Waals surface area contributed by atoms with Gasteiger partial charge in [0.2, 0.25) is 5.91 Å². The molecular weight excluding hydrogens is 393 g/mol. The summed E-state index contributed by atoms with van der Waals surface area (Å²) in [5.74, 6) is 0.564. The fourth-order valence-electron chi connectivity index (χ4n) is 4.45. The van der Waals surface area contributed by atoms with Crippen molar-refractivity contribution >= 4 is 23.1 Å². The monoisotopic (exact) mass is 423 g/mol. The van der Waals surface area contributed by atoms with Crippen LogP contribution in [0.15, 0.2) is 55.3 Å². The number of hydrogen-bond donors (Lipinski definition) is 2. The minimum Gasteiger partial charge on any atom is -0.371 e. The standard InChI is InChI=1S/C24H30FN5O/c1-2-24(31)28-19-9-13-29(14-10-19)22-8-11-26-23(16-22)27-20-6-4-12-30(17-20)21-7-3-5-18(25)15-21/h2-3,5,7-8,11,15-16,19-20H,1,4,6,9-10,12-14,17H2,(H,26,27)(H,28,31)/t20-/m1/s1. The molecule has 2 N–H and O–H groups in total. The summed E-state index contributed by atoms with van der Waals surface area (Å²) < 4.78 is 13.6. The van der Waals surface area contributed by atoms with Gasteiger partial charge in [-0.05, 0) is 56.0 Å². The Bertz CT molecular complexity index is 912. The Labute approximate surface area is 183 Å². The van der Waals surface area contributed by atoms with Crippen LogP contribution in [0.1, 0.15) is 25.7 Å². The van der Waals surface area contributed by atoms with E-state index in [1.54, 1.807) is 12.1 Å². The SMILES string of the molecule is C=CC(=O)NC1CCN(c2ccnc(N[C@@H]3CCCN(c4cccc(F)c4)C3)c2)CC1. The van der Waals surface area contributed by atoms with Gasteiger partial charge in [0.05, 0.1) is 0 Å². The molecule has 7 heteroatoms. The van der Waals surface area contributed by atoms with Crippen molar-refractivity contribution in [3.63, 3.8) is 0 Å². The highest BCUT2D eigenvalue weighted by molar-refractivity contribution is 5.87. The first-order valence-electron chi connectivity index (χ1n) is 11.0. The molecule has 4 rings (SSSR count). The number of rotatable bonds is 6. The molecule has 2 aromatic rings. The van der Waals surface area contributed by atoms with Gasteiger partial charge in [-0.15, -0.1) is 0 Å². The third kappa shape index (κ3) is 5.54. The maximum atomic E-state index is 13.6. The molecule has 2 aliphatic rings. The Morgan fingerprint density at radius 3 is 2.65 bits per heavy atom. The van der Waals surface area contributed by atoms with Gasteiger partial charge in [-0.3, -0.25) is 4.79 Å². The summed E-state index contributed by atoms with van der Waals surface area (Å²) in [5, 5.41) is 6.57. The second-order valence-corrected chi connectivity index (χ2v) is 8.28. The summed E-state index contributed by atoms with van der Waals surface area (Å²) in [6.07, 6.45) is 7.11. The number of carbonyl (C=O) groups excluding carboxylic acids is 1. The lowest BCUT2D eigenvalue weighted by atomic mass is 10.0. The van der Waals surface area contributed by atoms with Gasteiger partial charge in [0.1, 0.15) is 11.6 Å². The molecule has 6 nitrogen and oxygen atoms in total. The van der Waals surface area contributed by atoms with Crippen LogP contribution in [-0.4, -0.2) is 49.2 Å². The normalized spacial score (nSPS) is 19.7. The number of amides is 1. The van der Waals surface area contributed by atoms with Crippen LogP contribution in [0.3, 0.4) is 0 Å². The zero-order chi connectivity index (χ0) is 21.6. The summed E-state index contributed by atoms with van der Waals surface area (Å²) in [6, 6.07) is 11.4. The van der Waals surface area contributed by atoms with Crippen molar-refractivity contribution in [3.05, 3.63) is 61.1 Å². The molecule has 1 aromatic heterocycles. The van der Waals surface area contributed by atoms with Crippen LogP contribution in [0.2, 0.25) is 0 Å². The summed E-state index contributed by atoms with van der Waals surface area (Å²) in [7, 11) is 0. The van der Waals surface area contributed by atoms with Crippen LogP contribution in [0.4, 0.5) is 21.6 Å². The van der Waals surface area contributed by atoms with Gasteiger partial charge in [0.25, 0.3) is 0 Å². The van der Waals surface area contributed by atoms with E-state index < -0.39 is 0 Å². The van der Waals surface area contributed by atoms with Crippen molar-refractivity contribution in [2.45, 2.75) is 37.8 Å². The number of nitrogens with zero attached hydrogens (tertiary/aromatic N) is 3. The molecule has 0 spiro atoms. The number of anilines is 3. The van der Waals surface area contributed by atoms with Crippen LogP contribution in [0.5, 0.6) is 0 Å². The molecule has 0 aliphatic carbocycles. The van der Waals surface area contributed by atoms with Crippen molar-refractivity contribution < 1.29 is 9.18 Å². The summed E-state index contributed by atoms with van der Waals surface area (Å²) >= 11 is 0. The Kier molecular flexibility index (Phi) is 6.70. The topological polar surface area (TPSA) is 60.5 Å². The zero-order valence-corrected chi connectivity index (χ0v) is 17.8. The van der Waals surface area contributed by atoms with Gasteiger partial charge >= 0.3 is 0 Å². The van der Waals surface area contributed by atoms with E-state index in [9.17, 15) is 9.18 Å². The van der Waals surface area contributed by atoms with Gasteiger partial charge in [-0.1, -0.05) is 12.6 Å². The average molecular weight is 424 g/mol. The second kappa shape index (κ2) is 9.81. The zero-order valence-electron chi connectivity index (χ0n) is 17.8. The Morgan fingerprint density at radius 1 is 1.06 bits per heavy atom. The van der Waals surface area contributed by atoms with Crippen molar-refractivity contribution in [1.82, 2.24) is 10.3 Å². The van der Waals surface area contributed by atoms with Crippen molar-refractivity contribution in [1.29, 1.82) is 0 Å². The number of nitrogens with one attached hydrogen (secondary N) is 2. The minimum atomic E-state index is -0.199. The molecule has 2 fully saturated rings. The van der Waals surface area contributed by atoms with E-state index >= 15 is 0 Å². The second-order valence-electron chi connectivity index (χ2n) is 8.28. The van der Waals surface area contributed by atoms with Crippen LogP contribution in [0, 0.1) is 5.82 Å². The summed E-state index contributed by atoms with van der Waals surface area (Å²) in [6.45, 7) is 7.06. The number of benzene rings is 1. The molecule has 3 heterocycles.